The Morgan fingerprint density at radius 2 is 1.69 bits per heavy atom. The zero-order valence-corrected chi connectivity index (χ0v) is 27.3. The molecule has 1 unspecified atom stereocenters. The van der Waals surface area contributed by atoms with Gasteiger partial charge in [0.15, 0.2) is 35.6 Å². The highest BCUT2D eigenvalue weighted by atomic mass is 32.1. The molecule has 256 valence electrons. The number of cyclic esters (lactones) is 1. The number of hydrogen-bond donors (Lipinski definition) is 2. The number of carbonyl (C=O) groups is 1. The number of benzene rings is 2. The van der Waals surface area contributed by atoms with E-state index in [4.69, 9.17) is 47.4 Å². The Kier molecular flexibility index (Phi) is 8.35. The highest BCUT2D eigenvalue weighted by Gasteiger charge is 2.56. The van der Waals surface area contributed by atoms with Gasteiger partial charge >= 0.3 is 5.97 Å². The molecule has 0 amide bonds. The highest BCUT2D eigenvalue weighted by Crippen LogP contribution is 2.57. The summed E-state index contributed by atoms with van der Waals surface area (Å²) in [6.07, 6.45) is -7.07. The maximum atomic E-state index is 13.6. The van der Waals surface area contributed by atoms with Crippen LogP contribution in [0.3, 0.4) is 0 Å². The zero-order chi connectivity index (χ0) is 33.1. The fraction of sp³-hybridized carbons (Fsp3) is 0.500. The fourth-order valence-electron chi connectivity index (χ4n) is 7.46. The van der Waals surface area contributed by atoms with Crippen molar-refractivity contribution >= 4 is 17.3 Å². The van der Waals surface area contributed by atoms with Crippen molar-refractivity contribution in [2.75, 3.05) is 40.8 Å². The average molecular weight is 685 g/mol. The summed E-state index contributed by atoms with van der Waals surface area (Å²) in [5.74, 6) is 0.305. The number of hydrogen-bond acceptors (Lipinski definition) is 14. The molecule has 13 nitrogen and oxygen atoms in total. The summed E-state index contributed by atoms with van der Waals surface area (Å²) in [7, 11) is 3.09. The Balaban J connectivity index is 1.16. The molecule has 1 aromatic heterocycles. The summed E-state index contributed by atoms with van der Waals surface area (Å²) in [6.45, 7) is 2.50. The molecule has 2 aromatic carbocycles. The van der Waals surface area contributed by atoms with Gasteiger partial charge in [-0.2, -0.15) is 0 Å². The number of aliphatic hydroxyl groups excluding tert-OH is 2. The van der Waals surface area contributed by atoms with E-state index in [9.17, 15) is 15.0 Å². The van der Waals surface area contributed by atoms with Gasteiger partial charge in [-0.15, -0.1) is 11.3 Å². The number of fused-ring (bicyclic) bond motifs is 4. The van der Waals surface area contributed by atoms with Crippen LogP contribution in [0.15, 0.2) is 41.8 Å². The van der Waals surface area contributed by atoms with Gasteiger partial charge in [0.1, 0.15) is 24.4 Å². The summed E-state index contributed by atoms with van der Waals surface area (Å²) in [5.41, 5.74) is 2.19. The van der Waals surface area contributed by atoms with Gasteiger partial charge in [-0.3, -0.25) is 4.79 Å². The molecule has 0 bridgehead atoms. The molecule has 8 rings (SSSR count). The molecule has 5 aliphatic rings. The quantitative estimate of drug-likeness (QED) is 0.334. The van der Waals surface area contributed by atoms with Crippen LogP contribution < -0.4 is 23.7 Å². The number of thiophene rings is 1. The Bertz CT molecular complexity index is 1640. The molecule has 14 heteroatoms. The summed E-state index contributed by atoms with van der Waals surface area (Å²) < 4.78 is 59.3. The molecule has 3 fully saturated rings. The lowest BCUT2D eigenvalue weighted by Gasteiger charge is -2.48. The van der Waals surface area contributed by atoms with Crippen molar-refractivity contribution in [3.63, 3.8) is 0 Å². The molecule has 0 saturated carbocycles. The number of carbonyl (C=O) groups excluding carboxylic acids is 1. The van der Waals surface area contributed by atoms with Crippen LogP contribution in [0.2, 0.25) is 0 Å². The van der Waals surface area contributed by atoms with Crippen LogP contribution in [0.4, 0.5) is 0 Å². The van der Waals surface area contributed by atoms with Gasteiger partial charge in [0.05, 0.1) is 50.9 Å². The third-order valence-electron chi connectivity index (χ3n) is 9.64. The second-order valence-corrected chi connectivity index (χ2v) is 13.2. The Morgan fingerprint density at radius 3 is 2.38 bits per heavy atom. The number of methoxy groups -OCH3 is 2. The van der Waals surface area contributed by atoms with E-state index >= 15 is 0 Å². The summed E-state index contributed by atoms with van der Waals surface area (Å²) >= 11 is 1.47. The first-order valence-corrected chi connectivity index (χ1v) is 16.7. The van der Waals surface area contributed by atoms with E-state index in [1.807, 2.05) is 48.7 Å². The molecule has 10 atom stereocenters. The van der Waals surface area contributed by atoms with Gasteiger partial charge in [0.25, 0.3) is 0 Å². The molecule has 4 aliphatic heterocycles. The van der Waals surface area contributed by atoms with Gasteiger partial charge in [0, 0.05) is 11.8 Å². The second-order valence-electron chi connectivity index (χ2n) is 12.2. The maximum Gasteiger partial charge on any atom is 0.310 e. The minimum atomic E-state index is -1.46. The zero-order valence-electron chi connectivity index (χ0n) is 26.4. The lowest BCUT2D eigenvalue weighted by molar-refractivity contribution is -0.368. The number of rotatable bonds is 8. The monoisotopic (exact) mass is 684 g/mol. The van der Waals surface area contributed by atoms with E-state index in [1.54, 1.807) is 14.2 Å². The Labute approximate surface area is 280 Å². The molecule has 3 aromatic rings. The minimum absolute atomic E-state index is 0.0419. The van der Waals surface area contributed by atoms with Crippen LogP contribution in [-0.4, -0.2) is 87.7 Å². The van der Waals surface area contributed by atoms with Crippen LogP contribution in [0.1, 0.15) is 46.8 Å². The fourth-order valence-corrected chi connectivity index (χ4v) is 8.16. The third-order valence-corrected chi connectivity index (χ3v) is 10.5. The molecule has 48 heavy (non-hydrogen) atoms. The van der Waals surface area contributed by atoms with E-state index in [1.165, 1.54) is 11.3 Å². The SMILES string of the molecule is CCOc1c(OC)cc([C@@H]2c3cc4c(cc3[C@@H](O[C@@H]3O[C@@H]5COC(c6cccs6)O[C@H]5[C@H](O)[C@H]3O)[C@H]3COC(=O)[C@H]23)OCO4)cc1OC. The molecular formula is C34H36O13S. The lowest BCUT2D eigenvalue weighted by Crippen LogP contribution is -2.62. The second kappa shape index (κ2) is 12.7. The van der Waals surface area contributed by atoms with Crippen molar-refractivity contribution in [1.82, 2.24) is 0 Å². The highest BCUT2D eigenvalue weighted by molar-refractivity contribution is 7.10. The first kappa shape index (κ1) is 31.6. The average Bonchev–Trinajstić information content (AvgIpc) is 3.88. The van der Waals surface area contributed by atoms with Crippen molar-refractivity contribution in [3.8, 4) is 28.7 Å². The molecule has 2 N–H and O–H groups in total. The number of ether oxygens (including phenoxy) is 10. The molecule has 3 saturated heterocycles. The first-order chi connectivity index (χ1) is 23.4. The Morgan fingerprint density at radius 1 is 0.938 bits per heavy atom. The molecule has 5 heterocycles. The van der Waals surface area contributed by atoms with Gasteiger partial charge in [-0.1, -0.05) is 6.07 Å². The van der Waals surface area contributed by atoms with Gasteiger partial charge < -0.3 is 57.6 Å². The van der Waals surface area contributed by atoms with E-state index in [-0.39, 0.29) is 20.0 Å². The first-order valence-electron chi connectivity index (χ1n) is 15.9. The third kappa shape index (κ3) is 5.18. The van der Waals surface area contributed by atoms with Gasteiger partial charge in [-0.25, -0.2) is 0 Å². The lowest BCUT2D eigenvalue weighted by atomic mass is 9.66. The largest absolute Gasteiger partial charge is 0.493 e. The standard InChI is InChI=1S/C34H36O13S/c1-4-40-30-21(38-2)8-15(9-22(30)39-3)25-16-10-19-20(44-14-43-19)11-17(16)29(18-12-41-32(37)26(18)25)46-34-28(36)27(35)31-23(45-34)13-42-33(47-31)24-6-5-7-48-24/h5-11,18,23,25-29,31,33-36H,4,12-14H2,1-3H3/t18-,23+,25+,26-,27+,28+,29+,31+,33?,34-/m0/s1. The summed E-state index contributed by atoms with van der Waals surface area (Å²) in [5, 5.41) is 24.5. The Hall–Kier alpha value is -3.63. The predicted octanol–water partition coefficient (Wildman–Crippen LogP) is 3.45. The van der Waals surface area contributed by atoms with Crippen molar-refractivity contribution < 1.29 is 62.4 Å². The van der Waals surface area contributed by atoms with Crippen molar-refractivity contribution in [3.05, 3.63) is 63.3 Å². The van der Waals surface area contributed by atoms with Gasteiger partial charge in [-0.05, 0) is 59.3 Å². The topological polar surface area (TPSA) is 150 Å². The maximum absolute atomic E-state index is 13.6. The molecular weight excluding hydrogens is 648 g/mol. The summed E-state index contributed by atoms with van der Waals surface area (Å²) in [4.78, 5) is 14.5. The minimum Gasteiger partial charge on any atom is -0.493 e. The normalized spacial score (nSPS) is 33.3. The van der Waals surface area contributed by atoms with Crippen LogP contribution in [0.5, 0.6) is 28.7 Å². The molecule has 1 aliphatic carbocycles. The summed E-state index contributed by atoms with van der Waals surface area (Å²) in [6, 6.07) is 11.1. The predicted molar refractivity (Wildman–Crippen MR) is 165 cm³/mol. The van der Waals surface area contributed by atoms with E-state index in [0.717, 1.165) is 16.0 Å². The molecule has 0 radical (unpaired) electrons. The number of esters is 1. The van der Waals surface area contributed by atoms with Crippen LogP contribution in [0, 0.1) is 11.8 Å². The smallest absolute Gasteiger partial charge is 0.310 e. The van der Waals surface area contributed by atoms with Crippen LogP contribution >= 0.6 is 11.3 Å². The van der Waals surface area contributed by atoms with Crippen molar-refractivity contribution in [2.45, 2.75) is 55.9 Å². The van der Waals surface area contributed by atoms with Crippen LogP contribution in [-0.2, 0) is 28.5 Å². The van der Waals surface area contributed by atoms with Crippen molar-refractivity contribution in [1.29, 1.82) is 0 Å². The van der Waals surface area contributed by atoms with E-state index < -0.39 is 66.8 Å². The van der Waals surface area contributed by atoms with Crippen LogP contribution in [0.25, 0.3) is 0 Å². The van der Waals surface area contributed by atoms with Gasteiger partial charge in [0.2, 0.25) is 12.5 Å². The molecule has 0 spiro atoms. The number of aliphatic hydroxyl groups is 2. The van der Waals surface area contributed by atoms with Crippen molar-refractivity contribution in [2.24, 2.45) is 11.8 Å². The van der Waals surface area contributed by atoms with E-state index in [2.05, 4.69) is 0 Å². The van der Waals surface area contributed by atoms with E-state index in [0.29, 0.717) is 40.9 Å².